The molecule has 320 valence electrons. The van der Waals surface area contributed by atoms with Crippen molar-refractivity contribution in [3.8, 4) is 22.3 Å². The molecule has 0 amide bonds. The number of rotatable bonds is 7. The lowest BCUT2D eigenvalue weighted by Crippen LogP contribution is -3.62. The van der Waals surface area contributed by atoms with Crippen LogP contribution in [0.1, 0.15) is 105 Å². The Labute approximate surface area is 346 Å². The Balaban J connectivity index is 0.000000447. The fourth-order valence-corrected chi connectivity index (χ4v) is 11.2. The highest BCUT2D eigenvalue weighted by Gasteiger charge is 2.83. The van der Waals surface area contributed by atoms with Gasteiger partial charge in [0.2, 0.25) is 0 Å². The highest BCUT2D eigenvalue weighted by atomic mass is 127. The first-order valence-corrected chi connectivity index (χ1v) is 21.7. The van der Waals surface area contributed by atoms with Crippen LogP contribution in [-0.4, -0.2) is 36.2 Å². The quantitative estimate of drug-likeness (QED) is 0.105. The molecular formula is C44H50F9IO3S. The highest BCUT2D eigenvalue weighted by Crippen LogP contribution is 2.54. The van der Waals surface area contributed by atoms with Crippen LogP contribution in [0.3, 0.4) is 0 Å². The van der Waals surface area contributed by atoms with Crippen LogP contribution in [0.5, 0.6) is 0 Å². The van der Waals surface area contributed by atoms with E-state index in [9.17, 15) is 52.5 Å². The number of halogens is 10. The average molecular weight is 957 g/mol. The summed E-state index contributed by atoms with van der Waals surface area (Å²) in [5, 5.41) is -7.11. The Bertz CT molecular complexity index is 2170. The summed E-state index contributed by atoms with van der Waals surface area (Å²) in [7, 11) is -7.42. The molecule has 4 rings (SSSR count). The van der Waals surface area contributed by atoms with Crippen molar-refractivity contribution in [2.24, 2.45) is 0 Å². The summed E-state index contributed by atoms with van der Waals surface area (Å²) in [6.07, 6.45) is -7.16. The largest absolute Gasteiger partial charge is 0.743 e. The molecule has 4 aromatic rings. The van der Waals surface area contributed by atoms with Crippen LogP contribution < -0.4 is 21.2 Å². The van der Waals surface area contributed by atoms with Crippen molar-refractivity contribution in [1.82, 2.24) is 0 Å². The van der Waals surface area contributed by atoms with Gasteiger partial charge >= 0.3 is 44.5 Å². The molecule has 0 unspecified atom stereocenters. The van der Waals surface area contributed by atoms with Gasteiger partial charge in [-0.2, -0.15) is 39.5 Å². The number of hydrogen-bond donors (Lipinski definition) is 0. The van der Waals surface area contributed by atoms with Crippen LogP contribution in [0.25, 0.3) is 22.3 Å². The molecule has 0 heterocycles. The van der Waals surface area contributed by atoms with Gasteiger partial charge in [-0.1, -0.05) is 156 Å². The van der Waals surface area contributed by atoms with Crippen LogP contribution in [0.4, 0.5) is 39.5 Å². The Morgan fingerprint density at radius 3 is 1.29 bits per heavy atom. The first-order chi connectivity index (χ1) is 25.9. The second-order valence-electron chi connectivity index (χ2n) is 18.1. The van der Waals surface area contributed by atoms with Crippen LogP contribution in [0.15, 0.2) is 84.9 Å². The molecule has 14 heteroatoms. The van der Waals surface area contributed by atoms with Crippen LogP contribution in [0.2, 0.25) is 0 Å². The molecule has 0 saturated carbocycles. The van der Waals surface area contributed by atoms with E-state index >= 15 is 0 Å². The lowest BCUT2D eigenvalue weighted by Gasteiger charge is -2.34. The lowest BCUT2D eigenvalue weighted by molar-refractivity contribution is -0.599. The van der Waals surface area contributed by atoms with E-state index in [4.69, 9.17) is 0 Å². The van der Waals surface area contributed by atoms with Gasteiger partial charge in [-0.25, -0.2) is 8.42 Å². The first kappa shape index (κ1) is 49.3. The summed E-state index contributed by atoms with van der Waals surface area (Å²) in [6, 6.07) is 31.8. The minimum atomic E-state index is -7.43. The Morgan fingerprint density at radius 1 is 0.483 bits per heavy atom. The van der Waals surface area contributed by atoms with Gasteiger partial charge in [-0.3, -0.25) is 0 Å². The van der Waals surface area contributed by atoms with Gasteiger partial charge in [0.05, 0.1) is 0 Å². The number of alkyl halides is 9. The molecule has 0 fully saturated rings. The van der Waals surface area contributed by atoms with Gasteiger partial charge in [0.15, 0.2) is 17.3 Å². The molecule has 0 spiro atoms. The Kier molecular flexibility index (Phi) is 13.9. The third kappa shape index (κ3) is 10.1. The smallest absolute Gasteiger partial charge is 0.460 e. The van der Waals surface area contributed by atoms with E-state index in [1.54, 1.807) is 12.7 Å². The predicted molar refractivity (Wildman–Crippen MR) is 207 cm³/mol. The SMILES string of the molecule is CC(C)(C)c1cccc([I+]c2cc(-c3ccccc3)c(-c3ccccc3)c(C(C)(C)C)c2C(C)(C)C)c1C(C)(C)C.O=S(=O)([O-])C(F)(F)C(F)(F)C(F)(F)C(F)(F)F. The topological polar surface area (TPSA) is 57.2 Å². The molecule has 0 bridgehead atoms. The highest BCUT2D eigenvalue weighted by molar-refractivity contribution is 7.86. The monoisotopic (exact) mass is 956 g/mol. The molecule has 3 nitrogen and oxygen atoms in total. The molecule has 0 aliphatic carbocycles. The van der Waals surface area contributed by atoms with Gasteiger partial charge < -0.3 is 4.55 Å². The van der Waals surface area contributed by atoms with E-state index in [2.05, 4.69) is 168 Å². The van der Waals surface area contributed by atoms with Crippen molar-refractivity contribution in [3.63, 3.8) is 0 Å². The second-order valence-corrected chi connectivity index (χ2v) is 22.4. The summed E-state index contributed by atoms with van der Waals surface area (Å²) < 4.78 is 139. The van der Waals surface area contributed by atoms with Crippen molar-refractivity contribution in [2.45, 2.75) is 128 Å². The molecule has 4 aromatic carbocycles. The normalized spacial score (nSPS) is 13.9. The maximum Gasteiger partial charge on any atom is 0.460 e. The summed E-state index contributed by atoms with van der Waals surface area (Å²) in [6.45, 7) is 28.7. The van der Waals surface area contributed by atoms with Gasteiger partial charge in [0.1, 0.15) is 0 Å². The number of hydrogen-bond acceptors (Lipinski definition) is 3. The van der Waals surface area contributed by atoms with Gasteiger partial charge in [0, 0.05) is 17.2 Å². The average Bonchev–Trinajstić information content (AvgIpc) is 3.05. The Morgan fingerprint density at radius 2 is 0.914 bits per heavy atom. The molecule has 0 aliphatic heterocycles. The minimum Gasteiger partial charge on any atom is -0.743 e. The standard InChI is InChI=1S/C40H50I.C4HF9O3S/c1-37(2,3)30-24-19-25-31(34(30)38(4,5)6)41-32-26-29(27-20-15-13-16-21-27)33(28-22-17-14-18-23-28)36(40(10,11)12)35(32)39(7,8)9;5-1(6,3(9,10)11)2(7,8)4(12,13)17(14,15)16/h13-26H,1-12H3;(H,14,15,16)/q+1;/p-1. The molecular weight excluding hydrogens is 906 g/mol. The maximum atomic E-state index is 12.2. The van der Waals surface area contributed by atoms with E-state index in [1.807, 2.05) is 0 Å². The molecule has 0 radical (unpaired) electrons. The second kappa shape index (κ2) is 16.4. The zero-order chi connectivity index (χ0) is 44.9. The number of benzene rings is 4. The summed E-state index contributed by atoms with van der Waals surface area (Å²) in [5.41, 5.74) is 11.5. The molecule has 0 aliphatic rings. The van der Waals surface area contributed by atoms with E-state index < -0.39 is 54.6 Å². The van der Waals surface area contributed by atoms with Crippen molar-refractivity contribution < 1.29 is 73.7 Å². The minimum absolute atomic E-state index is 0.0000514. The van der Waals surface area contributed by atoms with Gasteiger partial charge in [0.25, 0.3) is 0 Å². The lowest BCUT2D eigenvalue weighted by atomic mass is 9.70. The fraction of sp³-hybridized carbons (Fsp3) is 0.455. The molecule has 0 atom stereocenters. The van der Waals surface area contributed by atoms with Crippen molar-refractivity contribution >= 4 is 10.1 Å². The van der Waals surface area contributed by atoms with Gasteiger partial charge in [-0.05, 0) is 61.1 Å². The summed E-state index contributed by atoms with van der Waals surface area (Å²) >= 11 is -0.468. The summed E-state index contributed by atoms with van der Waals surface area (Å²) in [5.74, 6) is -14.8. The van der Waals surface area contributed by atoms with Crippen molar-refractivity contribution in [1.29, 1.82) is 0 Å². The fourth-order valence-electron chi connectivity index (χ4n) is 6.58. The third-order valence-corrected chi connectivity index (χ3v) is 12.9. The first-order valence-electron chi connectivity index (χ1n) is 18.2. The van der Waals surface area contributed by atoms with E-state index in [0.29, 0.717) is 0 Å². The maximum absolute atomic E-state index is 12.2. The third-order valence-electron chi connectivity index (χ3n) is 9.13. The van der Waals surface area contributed by atoms with Crippen LogP contribution >= 0.6 is 0 Å². The summed E-state index contributed by atoms with van der Waals surface area (Å²) in [4.78, 5) is 0. The van der Waals surface area contributed by atoms with E-state index in [1.165, 1.54) is 38.9 Å². The van der Waals surface area contributed by atoms with Crippen molar-refractivity contribution in [3.05, 3.63) is 114 Å². The predicted octanol–water partition coefficient (Wildman–Crippen LogP) is 10.3. The van der Waals surface area contributed by atoms with Crippen LogP contribution in [-0.2, 0) is 31.8 Å². The molecule has 0 aromatic heterocycles. The van der Waals surface area contributed by atoms with Gasteiger partial charge in [-0.15, -0.1) is 0 Å². The zero-order valence-corrected chi connectivity index (χ0v) is 37.5. The molecule has 0 N–H and O–H groups in total. The van der Waals surface area contributed by atoms with Crippen LogP contribution in [0, 0.1) is 7.14 Å². The van der Waals surface area contributed by atoms with E-state index in [0.717, 1.165) is 0 Å². The Hall–Kier alpha value is -3.11. The molecule has 58 heavy (non-hydrogen) atoms. The zero-order valence-electron chi connectivity index (χ0n) is 34.5. The van der Waals surface area contributed by atoms with Crippen molar-refractivity contribution in [2.75, 3.05) is 0 Å². The van der Waals surface area contributed by atoms with E-state index in [-0.39, 0.29) is 21.7 Å². The molecule has 0 saturated heterocycles.